The summed E-state index contributed by atoms with van der Waals surface area (Å²) in [5, 5.41) is 0.304. The van der Waals surface area contributed by atoms with E-state index in [1.807, 2.05) is 24.1 Å². The second-order valence-electron chi connectivity index (χ2n) is 5.54. The minimum atomic E-state index is 0.304. The number of thioether (sulfide) groups is 1. The molecular weight excluding hydrogens is 268 g/mol. The van der Waals surface area contributed by atoms with Crippen LogP contribution in [0.2, 0.25) is 0 Å². The van der Waals surface area contributed by atoms with Crippen LogP contribution in [0.3, 0.4) is 0 Å². The van der Waals surface area contributed by atoms with E-state index in [9.17, 15) is 4.79 Å². The fraction of sp³-hybridized carbons (Fsp3) is 0.471. The molecule has 3 atom stereocenters. The Bertz CT molecular complexity index is 481. The molecule has 1 aromatic carbocycles. The normalized spacial score (nSPS) is 24.8. The van der Waals surface area contributed by atoms with E-state index in [1.54, 1.807) is 7.11 Å². The van der Waals surface area contributed by atoms with Crippen LogP contribution in [0, 0.1) is 11.8 Å². The number of ether oxygens (including phenoxy) is 1. The van der Waals surface area contributed by atoms with Crippen LogP contribution in [0.25, 0.3) is 0 Å². The molecule has 0 saturated heterocycles. The Labute approximate surface area is 125 Å². The molecule has 0 heterocycles. The smallest absolute Gasteiger partial charge is 0.133 e. The summed E-state index contributed by atoms with van der Waals surface area (Å²) < 4.78 is 5.18. The summed E-state index contributed by atoms with van der Waals surface area (Å²) in [7, 11) is 1.68. The number of methoxy groups -OCH3 is 1. The number of carbonyl (C=O) groups excluding carboxylic acids is 1. The lowest BCUT2D eigenvalue weighted by atomic mass is 9.91. The van der Waals surface area contributed by atoms with Crippen molar-refractivity contribution in [3.8, 4) is 0 Å². The van der Waals surface area contributed by atoms with E-state index in [0.717, 1.165) is 6.42 Å². The van der Waals surface area contributed by atoms with Gasteiger partial charge in [0, 0.05) is 23.0 Å². The quantitative estimate of drug-likeness (QED) is 0.597. The van der Waals surface area contributed by atoms with Gasteiger partial charge in [-0.15, -0.1) is 11.8 Å². The van der Waals surface area contributed by atoms with Gasteiger partial charge in [-0.25, -0.2) is 0 Å². The van der Waals surface area contributed by atoms with Crippen LogP contribution in [0.5, 0.6) is 0 Å². The van der Waals surface area contributed by atoms with Crippen molar-refractivity contribution in [3.63, 3.8) is 0 Å². The van der Waals surface area contributed by atoms with E-state index < -0.39 is 0 Å². The first-order valence-corrected chi connectivity index (χ1v) is 7.92. The van der Waals surface area contributed by atoms with Gasteiger partial charge in [0.15, 0.2) is 0 Å². The van der Waals surface area contributed by atoms with Gasteiger partial charge in [-0.05, 0) is 36.5 Å². The summed E-state index contributed by atoms with van der Waals surface area (Å²) in [5.41, 5.74) is 1.20. The third-order valence-electron chi connectivity index (χ3n) is 3.89. The van der Waals surface area contributed by atoms with Crippen LogP contribution in [-0.2, 0) is 9.53 Å². The topological polar surface area (TPSA) is 26.3 Å². The average Bonchev–Trinajstić information content (AvgIpc) is 2.76. The van der Waals surface area contributed by atoms with Gasteiger partial charge in [-0.3, -0.25) is 4.79 Å². The molecular formula is C17H22O2S. The first-order valence-electron chi connectivity index (χ1n) is 7.04. The number of hydrogen-bond acceptors (Lipinski definition) is 3. The maximum atomic E-state index is 11.7. The summed E-state index contributed by atoms with van der Waals surface area (Å²) in [4.78, 5) is 13.0. The Morgan fingerprint density at radius 3 is 2.60 bits per heavy atom. The maximum absolute atomic E-state index is 11.7. The van der Waals surface area contributed by atoms with E-state index in [2.05, 4.69) is 38.1 Å². The molecule has 1 aromatic rings. The highest BCUT2D eigenvalue weighted by atomic mass is 32.2. The fourth-order valence-corrected chi connectivity index (χ4v) is 4.27. The lowest BCUT2D eigenvalue weighted by Crippen LogP contribution is -2.21. The molecule has 0 spiro atoms. The van der Waals surface area contributed by atoms with Crippen molar-refractivity contribution in [1.82, 2.24) is 0 Å². The highest BCUT2D eigenvalue weighted by Crippen LogP contribution is 2.42. The van der Waals surface area contributed by atoms with Gasteiger partial charge >= 0.3 is 0 Å². The predicted molar refractivity (Wildman–Crippen MR) is 83.7 cm³/mol. The van der Waals surface area contributed by atoms with Gasteiger partial charge < -0.3 is 4.74 Å². The highest BCUT2D eigenvalue weighted by molar-refractivity contribution is 8.00. The van der Waals surface area contributed by atoms with E-state index in [1.165, 1.54) is 10.5 Å². The number of Topliss-reactive ketones (excluding diaryl/α,β-unsaturated/α-hetero) is 1. The van der Waals surface area contributed by atoms with Gasteiger partial charge in [0.2, 0.25) is 0 Å². The minimum absolute atomic E-state index is 0.304. The zero-order valence-corrected chi connectivity index (χ0v) is 13.2. The van der Waals surface area contributed by atoms with Crippen LogP contribution < -0.4 is 0 Å². The SMILES string of the molecule is COC=C(C)C(Sc1ccccc1)C1CC(=O)CC1C. The van der Waals surface area contributed by atoms with Crippen LogP contribution in [0.15, 0.2) is 47.1 Å². The Morgan fingerprint density at radius 2 is 2.05 bits per heavy atom. The van der Waals surface area contributed by atoms with Crippen LogP contribution in [0.1, 0.15) is 26.7 Å². The van der Waals surface area contributed by atoms with Gasteiger partial charge in [0.1, 0.15) is 5.78 Å². The summed E-state index contributed by atoms with van der Waals surface area (Å²) in [6.07, 6.45) is 3.23. The van der Waals surface area contributed by atoms with Gasteiger partial charge in [-0.2, -0.15) is 0 Å². The molecule has 0 bridgehead atoms. The largest absolute Gasteiger partial charge is 0.504 e. The van der Waals surface area contributed by atoms with Crippen molar-refractivity contribution < 1.29 is 9.53 Å². The monoisotopic (exact) mass is 290 g/mol. The Kier molecular flexibility index (Phi) is 5.30. The Morgan fingerprint density at radius 1 is 1.35 bits per heavy atom. The molecule has 20 heavy (non-hydrogen) atoms. The fourth-order valence-electron chi connectivity index (χ4n) is 2.88. The van der Waals surface area contributed by atoms with Crippen LogP contribution in [-0.4, -0.2) is 18.1 Å². The third-order valence-corrected chi connectivity index (χ3v) is 5.41. The van der Waals surface area contributed by atoms with E-state index >= 15 is 0 Å². The first kappa shape index (κ1) is 15.2. The van der Waals surface area contributed by atoms with Crippen molar-refractivity contribution in [3.05, 3.63) is 42.2 Å². The molecule has 1 fully saturated rings. The van der Waals surface area contributed by atoms with Crippen molar-refractivity contribution in [2.24, 2.45) is 11.8 Å². The number of hydrogen-bond donors (Lipinski definition) is 0. The lowest BCUT2D eigenvalue weighted by Gasteiger charge is -2.26. The molecule has 0 aromatic heterocycles. The summed E-state index contributed by atoms with van der Waals surface area (Å²) in [6.45, 7) is 4.29. The van der Waals surface area contributed by atoms with Crippen LogP contribution in [0.4, 0.5) is 0 Å². The standard InChI is InChI=1S/C17H22O2S/c1-12-9-14(18)10-16(12)17(13(2)11-19-3)20-15-7-5-4-6-8-15/h4-8,11-12,16-17H,9-10H2,1-3H3. The molecule has 3 heteroatoms. The molecule has 0 aliphatic heterocycles. The summed E-state index contributed by atoms with van der Waals surface area (Å²) in [5.74, 6) is 1.24. The second kappa shape index (κ2) is 6.98. The highest BCUT2D eigenvalue weighted by Gasteiger charge is 2.36. The van der Waals surface area contributed by atoms with Crippen LogP contribution >= 0.6 is 11.8 Å². The molecule has 2 rings (SSSR count). The molecule has 1 aliphatic carbocycles. The second-order valence-corrected chi connectivity index (χ2v) is 6.75. The van der Waals surface area contributed by atoms with Crippen molar-refractivity contribution in [2.75, 3.05) is 7.11 Å². The molecule has 2 nitrogen and oxygen atoms in total. The predicted octanol–water partition coefficient (Wildman–Crippen LogP) is 4.31. The molecule has 0 radical (unpaired) electrons. The maximum Gasteiger partial charge on any atom is 0.133 e. The van der Waals surface area contributed by atoms with Gasteiger partial charge in [-0.1, -0.05) is 25.1 Å². The number of carbonyl (C=O) groups is 1. The van der Waals surface area contributed by atoms with Gasteiger partial charge in [0.25, 0.3) is 0 Å². The Balaban J connectivity index is 2.21. The van der Waals surface area contributed by atoms with Crippen molar-refractivity contribution in [1.29, 1.82) is 0 Å². The molecule has 1 saturated carbocycles. The first-order chi connectivity index (χ1) is 9.61. The lowest BCUT2D eigenvalue weighted by molar-refractivity contribution is -0.117. The van der Waals surface area contributed by atoms with Crippen molar-refractivity contribution >= 4 is 17.5 Å². The number of ketones is 1. The summed E-state index contributed by atoms with van der Waals surface area (Å²) >= 11 is 1.84. The average molecular weight is 290 g/mol. The zero-order chi connectivity index (χ0) is 14.5. The molecule has 3 unspecified atom stereocenters. The Hall–Kier alpha value is -1.22. The molecule has 0 N–H and O–H groups in total. The van der Waals surface area contributed by atoms with E-state index in [4.69, 9.17) is 4.74 Å². The molecule has 0 amide bonds. The van der Waals surface area contributed by atoms with E-state index in [-0.39, 0.29) is 0 Å². The number of rotatable bonds is 5. The van der Waals surface area contributed by atoms with Gasteiger partial charge in [0.05, 0.1) is 13.4 Å². The number of benzene rings is 1. The minimum Gasteiger partial charge on any atom is -0.504 e. The zero-order valence-electron chi connectivity index (χ0n) is 12.3. The third kappa shape index (κ3) is 3.66. The molecule has 1 aliphatic rings. The van der Waals surface area contributed by atoms with E-state index in [0.29, 0.717) is 29.3 Å². The molecule has 108 valence electrons. The summed E-state index contributed by atoms with van der Waals surface area (Å²) in [6, 6.07) is 10.4. The van der Waals surface area contributed by atoms with Crippen molar-refractivity contribution in [2.45, 2.75) is 36.8 Å².